The molecule has 0 bridgehead atoms. The monoisotopic (exact) mass is 216 g/mol. The number of hydrogen-bond acceptors (Lipinski definition) is 3. The summed E-state index contributed by atoms with van der Waals surface area (Å²) in [4.78, 5) is 4.14. The van der Waals surface area contributed by atoms with Crippen LogP contribution in [-0.4, -0.2) is 16.9 Å². The molecule has 1 aliphatic rings. The Kier molecular flexibility index (Phi) is 3.06. The van der Waals surface area contributed by atoms with Gasteiger partial charge in [0, 0.05) is 18.1 Å². The lowest BCUT2D eigenvalue weighted by Crippen LogP contribution is -2.28. The summed E-state index contributed by atoms with van der Waals surface area (Å²) in [6.45, 7) is 0.847. The number of nitrogens with zero attached hydrogens (tertiary/aromatic N) is 1. The number of thiazole rings is 1. The molecule has 1 atom stereocenters. The summed E-state index contributed by atoms with van der Waals surface area (Å²) in [7, 11) is 0. The number of aromatic nitrogens is 1. The first-order chi connectivity index (χ1) is 6.36. The molecule has 1 fully saturated rings. The van der Waals surface area contributed by atoms with Crippen LogP contribution in [0.25, 0.3) is 0 Å². The molecular weight excluding hydrogens is 204 g/mol. The number of halogens is 1. The van der Waals surface area contributed by atoms with E-state index in [0.717, 1.165) is 17.6 Å². The van der Waals surface area contributed by atoms with E-state index in [4.69, 9.17) is 11.6 Å². The Balaban J connectivity index is 1.72. The zero-order valence-corrected chi connectivity index (χ0v) is 8.94. The van der Waals surface area contributed by atoms with Crippen LogP contribution < -0.4 is 5.32 Å². The first-order valence-electron chi connectivity index (χ1n) is 4.63. The van der Waals surface area contributed by atoms with Crippen LogP contribution in [0.15, 0.2) is 11.6 Å². The van der Waals surface area contributed by atoms with Gasteiger partial charge in [-0.15, -0.1) is 22.9 Å². The van der Waals surface area contributed by atoms with Crippen molar-refractivity contribution in [1.82, 2.24) is 4.98 Å². The molecule has 0 amide bonds. The second-order valence-electron chi connectivity index (χ2n) is 3.43. The molecule has 1 heterocycles. The Morgan fingerprint density at radius 3 is 3.08 bits per heavy atom. The Morgan fingerprint density at radius 1 is 1.69 bits per heavy atom. The fourth-order valence-corrected chi connectivity index (χ4v) is 2.33. The van der Waals surface area contributed by atoms with Gasteiger partial charge in [0.1, 0.15) is 0 Å². The van der Waals surface area contributed by atoms with E-state index in [2.05, 4.69) is 10.3 Å². The van der Waals surface area contributed by atoms with Gasteiger partial charge in [-0.3, -0.25) is 0 Å². The highest BCUT2D eigenvalue weighted by molar-refractivity contribution is 7.13. The van der Waals surface area contributed by atoms with Crippen molar-refractivity contribution in [2.24, 2.45) is 5.92 Å². The van der Waals surface area contributed by atoms with Gasteiger partial charge in [0.15, 0.2) is 5.13 Å². The third-order valence-electron chi connectivity index (χ3n) is 2.54. The Labute approximate surface area is 87.3 Å². The van der Waals surface area contributed by atoms with Crippen LogP contribution in [0, 0.1) is 5.92 Å². The molecule has 4 heteroatoms. The van der Waals surface area contributed by atoms with Crippen molar-refractivity contribution in [3.05, 3.63) is 11.6 Å². The standard InChI is InChI=1S/C9H13ClN2S/c10-8(7-2-1-3-7)6-12-9-11-4-5-13-9/h4-5,7-8H,1-3,6H2,(H,11,12). The largest absolute Gasteiger partial charge is 0.360 e. The Hall–Kier alpha value is -0.280. The third-order valence-corrected chi connectivity index (χ3v) is 3.78. The van der Waals surface area contributed by atoms with E-state index in [9.17, 15) is 0 Å². The summed E-state index contributed by atoms with van der Waals surface area (Å²) < 4.78 is 0. The van der Waals surface area contributed by atoms with Crippen molar-refractivity contribution in [1.29, 1.82) is 0 Å². The van der Waals surface area contributed by atoms with Gasteiger partial charge in [0.2, 0.25) is 0 Å². The van der Waals surface area contributed by atoms with E-state index in [1.807, 2.05) is 5.38 Å². The van der Waals surface area contributed by atoms with Crippen LogP contribution in [0.2, 0.25) is 0 Å². The highest BCUT2D eigenvalue weighted by atomic mass is 35.5. The lowest BCUT2D eigenvalue weighted by Gasteiger charge is -2.29. The highest BCUT2D eigenvalue weighted by Gasteiger charge is 2.25. The fourth-order valence-electron chi connectivity index (χ4n) is 1.46. The predicted octanol–water partition coefficient (Wildman–Crippen LogP) is 2.96. The first-order valence-corrected chi connectivity index (χ1v) is 5.95. The molecule has 1 aromatic rings. The van der Waals surface area contributed by atoms with E-state index in [1.165, 1.54) is 19.3 Å². The summed E-state index contributed by atoms with van der Waals surface area (Å²) in [6, 6.07) is 0. The van der Waals surface area contributed by atoms with Crippen molar-refractivity contribution in [3.63, 3.8) is 0 Å². The van der Waals surface area contributed by atoms with Gasteiger partial charge in [0.25, 0.3) is 0 Å². The van der Waals surface area contributed by atoms with Crippen molar-refractivity contribution in [2.75, 3.05) is 11.9 Å². The Morgan fingerprint density at radius 2 is 2.54 bits per heavy atom. The number of rotatable bonds is 4. The highest BCUT2D eigenvalue weighted by Crippen LogP contribution is 2.32. The van der Waals surface area contributed by atoms with E-state index in [1.54, 1.807) is 17.5 Å². The molecule has 1 aromatic heterocycles. The molecule has 0 radical (unpaired) electrons. The molecule has 0 saturated heterocycles. The first kappa shape index (κ1) is 9.28. The maximum Gasteiger partial charge on any atom is 0.182 e. The molecule has 1 N–H and O–H groups in total. The maximum atomic E-state index is 6.21. The van der Waals surface area contributed by atoms with E-state index >= 15 is 0 Å². The van der Waals surface area contributed by atoms with Gasteiger partial charge in [0.05, 0.1) is 5.38 Å². The van der Waals surface area contributed by atoms with Crippen molar-refractivity contribution in [3.8, 4) is 0 Å². The number of hydrogen-bond donors (Lipinski definition) is 1. The summed E-state index contributed by atoms with van der Waals surface area (Å²) in [5.41, 5.74) is 0. The lowest BCUT2D eigenvalue weighted by atomic mass is 9.83. The Bertz CT molecular complexity index is 246. The van der Waals surface area contributed by atoms with Gasteiger partial charge >= 0.3 is 0 Å². The minimum absolute atomic E-state index is 0.276. The average molecular weight is 217 g/mol. The molecule has 13 heavy (non-hydrogen) atoms. The zero-order chi connectivity index (χ0) is 9.10. The maximum absolute atomic E-state index is 6.21. The number of anilines is 1. The van der Waals surface area contributed by atoms with Crippen molar-refractivity contribution >= 4 is 28.1 Å². The van der Waals surface area contributed by atoms with Crippen molar-refractivity contribution < 1.29 is 0 Å². The topological polar surface area (TPSA) is 24.9 Å². The molecule has 0 aromatic carbocycles. The summed E-state index contributed by atoms with van der Waals surface area (Å²) in [5, 5.41) is 6.47. The molecule has 1 aliphatic carbocycles. The molecule has 1 saturated carbocycles. The lowest BCUT2D eigenvalue weighted by molar-refractivity contribution is 0.308. The van der Waals surface area contributed by atoms with Crippen LogP contribution in [0.3, 0.4) is 0 Å². The van der Waals surface area contributed by atoms with Crippen molar-refractivity contribution in [2.45, 2.75) is 24.6 Å². The van der Waals surface area contributed by atoms with Crippen LogP contribution in [0.4, 0.5) is 5.13 Å². The quantitative estimate of drug-likeness (QED) is 0.783. The number of alkyl halides is 1. The van der Waals surface area contributed by atoms with Crippen LogP contribution >= 0.6 is 22.9 Å². The predicted molar refractivity (Wildman–Crippen MR) is 57.6 cm³/mol. The summed E-state index contributed by atoms with van der Waals surface area (Å²) in [5.74, 6) is 0.731. The minimum Gasteiger partial charge on any atom is -0.360 e. The van der Waals surface area contributed by atoms with E-state index in [0.29, 0.717) is 0 Å². The van der Waals surface area contributed by atoms with Gasteiger partial charge < -0.3 is 5.32 Å². The smallest absolute Gasteiger partial charge is 0.182 e. The van der Waals surface area contributed by atoms with Gasteiger partial charge in [-0.25, -0.2) is 4.98 Å². The average Bonchev–Trinajstić information content (AvgIpc) is 2.49. The molecule has 2 nitrogen and oxygen atoms in total. The van der Waals surface area contributed by atoms with Crippen LogP contribution in [0.1, 0.15) is 19.3 Å². The van der Waals surface area contributed by atoms with E-state index < -0.39 is 0 Å². The second-order valence-corrected chi connectivity index (χ2v) is 4.88. The molecule has 1 unspecified atom stereocenters. The van der Waals surface area contributed by atoms with Gasteiger partial charge in [-0.2, -0.15) is 0 Å². The van der Waals surface area contributed by atoms with Crippen LogP contribution in [0.5, 0.6) is 0 Å². The fraction of sp³-hybridized carbons (Fsp3) is 0.667. The molecule has 72 valence electrons. The third kappa shape index (κ3) is 2.35. The van der Waals surface area contributed by atoms with Gasteiger partial charge in [-0.05, 0) is 18.8 Å². The van der Waals surface area contributed by atoms with E-state index in [-0.39, 0.29) is 5.38 Å². The number of nitrogens with one attached hydrogen (secondary N) is 1. The normalized spacial score (nSPS) is 19.5. The molecular formula is C9H13ClN2S. The zero-order valence-electron chi connectivity index (χ0n) is 7.37. The molecule has 0 aliphatic heterocycles. The van der Waals surface area contributed by atoms with Gasteiger partial charge in [-0.1, -0.05) is 6.42 Å². The summed E-state index contributed by atoms with van der Waals surface area (Å²) >= 11 is 7.84. The second kappa shape index (κ2) is 4.29. The molecule has 0 spiro atoms. The minimum atomic E-state index is 0.276. The van der Waals surface area contributed by atoms with Crippen LogP contribution in [-0.2, 0) is 0 Å². The molecule has 2 rings (SSSR count). The summed E-state index contributed by atoms with van der Waals surface area (Å²) in [6.07, 6.45) is 5.76. The SMILES string of the molecule is ClC(CNc1nccs1)C1CCC1.